The predicted molar refractivity (Wildman–Crippen MR) is 114 cm³/mol. The van der Waals surface area contributed by atoms with E-state index in [0.717, 1.165) is 0 Å². The van der Waals surface area contributed by atoms with Crippen LogP contribution < -0.4 is 16.1 Å². The first-order valence-corrected chi connectivity index (χ1v) is 11.9. The van der Waals surface area contributed by atoms with Crippen LogP contribution in [0, 0.1) is 11.5 Å². The van der Waals surface area contributed by atoms with E-state index in [1.54, 1.807) is 0 Å². The summed E-state index contributed by atoms with van der Waals surface area (Å²) in [7, 11) is -1.98. The first kappa shape index (κ1) is 19.4. The Bertz CT molecular complexity index is 854. The molecule has 0 atom stereocenters. The molecule has 2 aliphatic rings. The Hall–Kier alpha value is -1.94. The van der Waals surface area contributed by atoms with E-state index in [-0.39, 0.29) is 5.04 Å². The van der Waals surface area contributed by atoms with Crippen molar-refractivity contribution in [3.05, 3.63) is 59.7 Å². The second kappa shape index (κ2) is 8.20. The summed E-state index contributed by atoms with van der Waals surface area (Å²) in [6, 6.07) is 17.6. The van der Waals surface area contributed by atoms with Crippen LogP contribution in [0.25, 0.3) is 0 Å². The van der Waals surface area contributed by atoms with Crippen LogP contribution in [0.3, 0.4) is 0 Å². The van der Waals surface area contributed by atoms with Gasteiger partial charge in [0, 0.05) is 11.6 Å². The number of rotatable bonds is 9. The lowest BCUT2D eigenvalue weighted by Gasteiger charge is -2.63. The molecule has 4 rings (SSSR count). The molecule has 28 heavy (non-hydrogen) atoms. The number of hydrogen-bond acceptors (Lipinski definition) is 4. The molecule has 5 heteroatoms. The van der Waals surface area contributed by atoms with Crippen molar-refractivity contribution in [2.75, 3.05) is 46.2 Å². The average Bonchev–Trinajstić information content (AvgIpc) is 2.74. The molecule has 0 aliphatic carbocycles. The van der Waals surface area contributed by atoms with E-state index < -0.39 is 8.07 Å². The van der Waals surface area contributed by atoms with Gasteiger partial charge in [0.1, 0.15) is 6.61 Å². The molecule has 0 saturated carbocycles. The average molecular weight is 394 g/mol. The number of benzene rings is 2. The Labute approximate surface area is 168 Å². The Balaban J connectivity index is 1.34. The maximum absolute atomic E-state index is 5.66. The molecule has 2 aromatic carbocycles. The summed E-state index contributed by atoms with van der Waals surface area (Å²) < 4.78 is 16.4. The van der Waals surface area contributed by atoms with Gasteiger partial charge in [0.2, 0.25) is 8.07 Å². The summed E-state index contributed by atoms with van der Waals surface area (Å²) >= 11 is 0. The molecule has 0 unspecified atom stereocenters. The summed E-state index contributed by atoms with van der Waals surface area (Å²) in [4.78, 5) is 0. The Morgan fingerprint density at radius 3 is 1.96 bits per heavy atom. The van der Waals surface area contributed by atoms with E-state index in [0.29, 0.717) is 46.2 Å². The van der Waals surface area contributed by atoms with Crippen molar-refractivity contribution in [2.45, 2.75) is 12.0 Å². The zero-order valence-electron chi connectivity index (χ0n) is 16.4. The molecule has 2 aromatic rings. The third kappa shape index (κ3) is 2.84. The topological polar surface area (TPSA) is 53.7 Å². The third-order valence-electron chi connectivity index (χ3n) is 5.95. The number of ether oxygens (including phenoxy) is 3. The van der Waals surface area contributed by atoms with E-state index in [1.807, 2.05) is 0 Å². The van der Waals surface area contributed by atoms with Crippen molar-refractivity contribution in [1.82, 2.24) is 0 Å². The third-order valence-corrected chi connectivity index (χ3v) is 11.0. The molecular formula is C23H27NO3Si. The van der Waals surface area contributed by atoms with Gasteiger partial charge in [-0.1, -0.05) is 61.4 Å². The Kier molecular flexibility index (Phi) is 5.67. The summed E-state index contributed by atoms with van der Waals surface area (Å²) in [5.74, 6) is 3.33. The molecule has 0 amide bonds. The van der Waals surface area contributed by atoms with Crippen LogP contribution in [-0.2, 0) is 19.2 Å². The van der Waals surface area contributed by atoms with Crippen LogP contribution in [0.2, 0.25) is 0 Å². The maximum Gasteiger partial charge on any atom is 0.214 e. The van der Waals surface area contributed by atoms with Crippen LogP contribution in [-0.4, -0.2) is 54.3 Å². The Morgan fingerprint density at radius 1 is 0.821 bits per heavy atom. The second-order valence-electron chi connectivity index (χ2n) is 7.33. The smallest absolute Gasteiger partial charge is 0.214 e. The highest BCUT2D eigenvalue weighted by molar-refractivity contribution is 7.17. The van der Waals surface area contributed by atoms with Crippen molar-refractivity contribution < 1.29 is 14.2 Å². The van der Waals surface area contributed by atoms with Crippen molar-refractivity contribution in [1.29, 1.82) is 0 Å². The number of fused-ring (bicyclic) bond motifs is 7. The molecule has 0 radical (unpaired) electrons. The second-order valence-corrected chi connectivity index (χ2v) is 11.2. The number of nitrogens with two attached hydrogens (primary N) is 1. The quantitative estimate of drug-likeness (QED) is 0.392. The maximum atomic E-state index is 5.66. The molecule has 2 heterocycles. The zero-order chi connectivity index (χ0) is 19.5. The van der Waals surface area contributed by atoms with Crippen LogP contribution in [0.4, 0.5) is 0 Å². The van der Waals surface area contributed by atoms with Crippen molar-refractivity contribution in [3.63, 3.8) is 0 Å². The lowest BCUT2D eigenvalue weighted by atomic mass is 9.88. The highest BCUT2D eigenvalue weighted by Gasteiger charge is 2.71. The van der Waals surface area contributed by atoms with Gasteiger partial charge >= 0.3 is 0 Å². The fraction of sp³-hybridized carbons (Fsp3) is 0.391. The first-order valence-electron chi connectivity index (χ1n) is 9.90. The minimum Gasteiger partial charge on any atom is -0.378 e. The summed E-state index contributed by atoms with van der Waals surface area (Å²) in [6.45, 7) is 6.18. The van der Waals surface area contributed by atoms with Gasteiger partial charge in [0.25, 0.3) is 0 Å². The summed E-state index contributed by atoms with van der Waals surface area (Å²) in [5.41, 5.74) is 12.0. The predicted octanol–water partition coefficient (Wildman–Crippen LogP) is 0.973. The molecule has 0 spiro atoms. The highest BCUT2D eigenvalue weighted by Crippen LogP contribution is 2.53. The van der Waals surface area contributed by atoms with Crippen molar-refractivity contribution in [3.8, 4) is 11.5 Å². The van der Waals surface area contributed by atoms with Gasteiger partial charge in [-0.3, -0.25) is 0 Å². The van der Waals surface area contributed by atoms with E-state index in [2.05, 4.69) is 66.9 Å². The number of hydrogen-bond donors (Lipinski definition) is 1. The van der Waals surface area contributed by atoms with Crippen LogP contribution in [0.1, 0.15) is 18.1 Å². The SMILES string of the molecule is CC12c3ccccc3[Si]1(C#CCOCCOCCOCCN)c1ccccc12. The fourth-order valence-corrected chi connectivity index (χ4v) is 9.94. The molecule has 0 fully saturated rings. The van der Waals surface area contributed by atoms with Gasteiger partial charge in [-0.05, 0) is 21.5 Å². The molecule has 2 N–H and O–H groups in total. The van der Waals surface area contributed by atoms with Gasteiger partial charge in [-0.15, -0.1) is 5.54 Å². The van der Waals surface area contributed by atoms with Gasteiger partial charge < -0.3 is 19.9 Å². The molecular weight excluding hydrogens is 366 g/mol. The van der Waals surface area contributed by atoms with Crippen molar-refractivity contribution >= 4 is 18.4 Å². The van der Waals surface area contributed by atoms with Crippen LogP contribution in [0.15, 0.2) is 48.5 Å². The lowest BCUT2D eigenvalue weighted by Crippen LogP contribution is -2.88. The molecule has 4 nitrogen and oxygen atoms in total. The van der Waals surface area contributed by atoms with Gasteiger partial charge in [0.15, 0.2) is 0 Å². The fourth-order valence-electron chi connectivity index (χ4n) is 4.67. The molecule has 0 saturated heterocycles. The van der Waals surface area contributed by atoms with Crippen molar-refractivity contribution in [2.24, 2.45) is 5.73 Å². The largest absolute Gasteiger partial charge is 0.378 e. The van der Waals surface area contributed by atoms with Gasteiger partial charge in [-0.25, -0.2) is 0 Å². The van der Waals surface area contributed by atoms with Gasteiger partial charge in [0.05, 0.1) is 33.0 Å². The first-order chi connectivity index (χ1) is 13.8. The minimum absolute atomic E-state index is 0.125. The van der Waals surface area contributed by atoms with E-state index in [4.69, 9.17) is 19.9 Å². The molecule has 146 valence electrons. The molecule has 0 aromatic heterocycles. The summed E-state index contributed by atoms with van der Waals surface area (Å²) in [6.07, 6.45) is 0. The zero-order valence-corrected chi connectivity index (χ0v) is 17.4. The van der Waals surface area contributed by atoms with Crippen LogP contribution >= 0.6 is 0 Å². The monoisotopic (exact) mass is 393 g/mol. The Morgan fingerprint density at radius 2 is 1.36 bits per heavy atom. The molecule has 2 aliphatic heterocycles. The van der Waals surface area contributed by atoms with Crippen LogP contribution in [0.5, 0.6) is 0 Å². The normalized spacial score (nSPS) is 23.4. The van der Waals surface area contributed by atoms with Gasteiger partial charge in [-0.2, -0.15) is 0 Å². The lowest BCUT2D eigenvalue weighted by molar-refractivity contribution is 0.0219. The standard InChI is InChI=1S/C23H27NO3Si/c1-23-19-7-2-4-9-21(19)28(23,22-10-5-3-8-20(22)23)18-6-12-25-14-16-27-17-15-26-13-11-24/h2-5,7-10H,11-17,24H2,1H3. The molecule has 0 bridgehead atoms. The highest BCUT2D eigenvalue weighted by atomic mass is 28.3. The van der Waals surface area contributed by atoms with E-state index >= 15 is 0 Å². The van der Waals surface area contributed by atoms with E-state index in [1.165, 1.54) is 21.5 Å². The van der Waals surface area contributed by atoms with E-state index in [9.17, 15) is 0 Å². The minimum atomic E-state index is -1.98. The summed E-state index contributed by atoms with van der Waals surface area (Å²) in [5, 5.41) is 3.08.